The number of rotatable bonds is 3. The van der Waals surface area contributed by atoms with Crippen LogP contribution in [-0.2, 0) is 11.2 Å². The van der Waals surface area contributed by atoms with E-state index in [0.717, 1.165) is 11.1 Å². The Morgan fingerprint density at radius 3 is 2.86 bits per heavy atom. The molecule has 1 aromatic heterocycles. The van der Waals surface area contributed by atoms with Crippen LogP contribution in [0.3, 0.4) is 0 Å². The summed E-state index contributed by atoms with van der Waals surface area (Å²) in [7, 11) is 0. The van der Waals surface area contributed by atoms with Crippen LogP contribution in [0.15, 0.2) is 30.3 Å². The molecule has 0 fully saturated rings. The first kappa shape index (κ1) is 19.0. The molecule has 4 rings (SSSR count). The van der Waals surface area contributed by atoms with Gasteiger partial charge in [0.1, 0.15) is 24.3 Å². The van der Waals surface area contributed by atoms with E-state index in [0.29, 0.717) is 30.8 Å². The molecule has 1 amide bonds. The van der Waals surface area contributed by atoms with Crippen molar-refractivity contribution in [3.05, 3.63) is 47.0 Å². The predicted octanol–water partition coefficient (Wildman–Crippen LogP) is 2.96. The molecule has 0 bridgehead atoms. The predicted molar refractivity (Wildman–Crippen MR) is 98.4 cm³/mol. The summed E-state index contributed by atoms with van der Waals surface area (Å²) < 4.78 is 47.4. The number of carbonyl (C=O) groups excluding carboxylic acids is 1. The van der Waals surface area contributed by atoms with E-state index in [4.69, 9.17) is 15.2 Å². The van der Waals surface area contributed by atoms with Gasteiger partial charge in [0.25, 0.3) is 5.91 Å². The lowest BCUT2D eigenvalue weighted by atomic mass is 9.95. The zero-order valence-corrected chi connectivity index (χ0v) is 15.2. The molecule has 7 nitrogen and oxygen atoms in total. The number of hydrogen-bond acceptors (Lipinski definition) is 6. The standard InChI is InChI=1S/C19H17F3N4O3/c20-19(21,22)9-29-14-4-2-11-7-13(3-1-12(11)8-14)26-5-6-28-17-15(18(26)27)16(23)24-10-25-17/h1,3,7-8,10H,2,4-6,9H2,(H2,23,24,25). The van der Waals surface area contributed by atoms with Crippen molar-refractivity contribution in [1.82, 2.24) is 9.97 Å². The van der Waals surface area contributed by atoms with Gasteiger partial charge in [-0.3, -0.25) is 4.79 Å². The number of benzene rings is 1. The van der Waals surface area contributed by atoms with Gasteiger partial charge in [0.2, 0.25) is 5.88 Å². The molecule has 152 valence electrons. The number of allylic oxidation sites excluding steroid dienone is 1. The fourth-order valence-electron chi connectivity index (χ4n) is 3.32. The summed E-state index contributed by atoms with van der Waals surface area (Å²) in [6.45, 7) is -0.776. The van der Waals surface area contributed by atoms with Crippen molar-refractivity contribution < 1.29 is 27.4 Å². The number of nitrogens with zero attached hydrogens (tertiary/aromatic N) is 3. The van der Waals surface area contributed by atoms with Crippen LogP contribution in [0, 0.1) is 0 Å². The summed E-state index contributed by atoms with van der Waals surface area (Å²) in [4.78, 5) is 22.4. The number of ether oxygens (including phenoxy) is 2. The highest BCUT2D eigenvalue weighted by Gasteiger charge is 2.30. The number of alkyl halides is 3. The fraction of sp³-hybridized carbons (Fsp3) is 0.316. The normalized spacial score (nSPS) is 16.3. The fourth-order valence-corrected chi connectivity index (χ4v) is 3.32. The second-order valence-electron chi connectivity index (χ2n) is 6.64. The molecule has 1 aliphatic carbocycles. The Hall–Kier alpha value is -3.30. The van der Waals surface area contributed by atoms with Crippen LogP contribution in [0.25, 0.3) is 6.08 Å². The zero-order chi connectivity index (χ0) is 20.6. The van der Waals surface area contributed by atoms with Gasteiger partial charge < -0.3 is 20.1 Å². The topological polar surface area (TPSA) is 90.6 Å². The molecule has 0 radical (unpaired) electrons. The Morgan fingerprint density at radius 1 is 1.24 bits per heavy atom. The highest BCUT2D eigenvalue weighted by Crippen LogP contribution is 2.32. The number of amides is 1. The number of nitrogens with two attached hydrogens (primary N) is 1. The third-order valence-electron chi connectivity index (χ3n) is 4.67. The number of aryl methyl sites for hydroxylation is 1. The Labute approximate surface area is 163 Å². The van der Waals surface area contributed by atoms with Crippen LogP contribution in [0.5, 0.6) is 5.88 Å². The van der Waals surface area contributed by atoms with Gasteiger partial charge in [0.05, 0.1) is 12.3 Å². The third-order valence-corrected chi connectivity index (χ3v) is 4.67. The molecular weight excluding hydrogens is 389 g/mol. The Kier molecular flexibility index (Phi) is 4.77. The van der Waals surface area contributed by atoms with Crippen LogP contribution in [0.2, 0.25) is 0 Å². The number of halogens is 3. The van der Waals surface area contributed by atoms with Gasteiger partial charge in [-0.25, -0.2) is 9.97 Å². The maximum absolute atomic E-state index is 13.0. The number of carbonyl (C=O) groups is 1. The van der Waals surface area contributed by atoms with Gasteiger partial charge in [-0.15, -0.1) is 0 Å². The van der Waals surface area contributed by atoms with Crippen LogP contribution < -0.4 is 15.4 Å². The van der Waals surface area contributed by atoms with Crippen molar-refractivity contribution in [2.45, 2.75) is 19.0 Å². The molecule has 2 heterocycles. The van der Waals surface area contributed by atoms with Gasteiger partial charge >= 0.3 is 6.18 Å². The maximum atomic E-state index is 13.0. The second-order valence-corrected chi connectivity index (χ2v) is 6.64. The number of hydrogen-bond donors (Lipinski definition) is 1. The van der Waals surface area contributed by atoms with E-state index in [2.05, 4.69) is 9.97 Å². The first-order chi connectivity index (χ1) is 13.8. The quantitative estimate of drug-likeness (QED) is 0.843. The summed E-state index contributed by atoms with van der Waals surface area (Å²) in [5.74, 6) is 0.119. The minimum atomic E-state index is -4.37. The minimum Gasteiger partial charge on any atom is -0.488 e. The van der Waals surface area contributed by atoms with Crippen molar-refractivity contribution in [2.75, 3.05) is 30.4 Å². The molecule has 1 aliphatic heterocycles. The van der Waals surface area contributed by atoms with E-state index in [1.165, 1.54) is 11.2 Å². The SMILES string of the molecule is Nc1ncnc2c1C(=O)N(c1ccc3c(c1)CCC(OCC(F)(F)F)=C3)CCO2. The summed E-state index contributed by atoms with van der Waals surface area (Å²) in [6, 6.07) is 5.33. The second kappa shape index (κ2) is 7.26. The van der Waals surface area contributed by atoms with Gasteiger partial charge in [-0.2, -0.15) is 13.2 Å². The number of fused-ring (bicyclic) bond motifs is 2. The van der Waals surface area contributed by atoms with E-state index >= 15 is 0 Å². The summed E-state index contributed by atoms with van der Waals surface area (Å²) >= 11 is 0. The van der Waals surface area contributed by atoms with Crippen LogP contribution >= 0.6 is 0 Å². The van der Waals surface area contributed by atoms with Crippen molar-refractivity contribution in [1.29, 1.82) is 0 Å². The maximum Gasteiger partial charge on any atom is 0.422 e. The molecule has 10 heteroatoms. The molecule has 0 spiro atoms. The molecule has 0 atom stereocenters. The smallest absolute Gasteiger partial charge is 0.422 e. The van der Waals surface area contributed by atoms with Gasteiger partial charge in [-0.1, -0.05) is 6.07 Å². The summed E-state index contributed by atoms with van der Waals surface area (Å²) in [6.07, 6.45) is -0.675. The molecular formula is C19H17F3N4O3. The van der Waals surface area contributed by atoms with E-state index in [1.807, 2.05) is 6.07 Å². The molecule has 1 aromatic carbocycles. The lowest BCUT2D eigenvalue weighted by Crippen LogP contribution is -2.33. The Bertz CT molecular complexity index is 991. The van der Waals surface area contributed by atoms with E-state index < -0.39 is 12.8 Å². The largest absolute Gasteiger partial charge is 0.488 e. The van der Waals surface area contributed by atoms with E-state index in [9.17, 15) is 18.0 Å². The van der Waals surface area contributed by atoms with Crippen LogP contribution in [-0.4, -0.2) is 41.8 Å². The first-order valence-corrected chi connectivity index (χ1v) is 8.90. The molecule has 2 aliphatic rings. The monoisotopic (exact) mass is 406 g/mol. The van der Waals surface area contributed by atoms with E-state index in [1.54, 1.807) is 18.2 Å². The summed E-state index contributed by atoms with van der Waals surface area (Å²) in [5.41, 5.74) is 8.28. The Morgan fingerprint density at radius 2 is 2.07 bits per heavy atom. The lowest BCUT2D eigenvalue weighted by molar-refractivity contribution is -0.165. The minimum absolute atomic E-state index is 0.0410. The third kappa shape index (κ3) is 3.96. The van der Waals surface area contributed by atoms with Crippen molar-refractivity contribution in [2.24, 2.45) is 0 Å². The Balaban J connectivity index is 1.59. The van der Waals surface area contributed by atoms with Crippen molar-refractivity contribution >= 4 is 23.5 Å². The highest BCUT2D eigenvalue weighted by molar-refractivity contribution is 6.10. The summed E-state index contributed by atoms with van der Waals surface area (Å²) in [5, 5.41) is 0. The van der Waals surface area contributed by atoms with Crippen molar-refractivity contribution in [3.8, 4) is 5.88 Å². The molecule has 29 heavy (non-hydrogen) atoms. The molecule has 0 unspecified atom stereocenters. The highest BCUT2D eigenvalue weighted by atomic mass is 19.4. The molecule has 0 saturated heterocycles. The molecule has 2 aromatic rings. The molecule has 0 saturated carbocycles. The van der Waals surface area contributed by atoms with Gasteiger partial charge in [0, 0.05) is 12.1 Å². The number of anilines is 2. The van der Waals surface area contributed by atoms with Crippen LogP contribution in [0.4, 0.5) is 24.7 Å². The average Bonchev–Trinajstić information content (AvgIpc) is 2.85. The van der Waals surface area contributed by atoms with Crippen LogP contribution in [0.1, 0.15) is 27.9 Å². The lowest BCUT2D eigenvalue weighted by Gasteiger charge is -2.23. The number of aromatic nitrogens is 2. The number of nitrogen functional groups attached to an aromatic ring is 1. The first-order valence-electron chi connectivity index (χ1n) is 8.90. The van der Waals surface area contributed by atoms with Crippen molar-refractivity contribution in [3.63, 3.8) is 0 Å². The molecule has 2 N–H and O–H groups in total. The van der Waals surface area contributed by atoms with Gasteiger partial charge in [0.15, 0.2) is 6.61 Å². The average molecular weight is 406 g/mol. The van der Waals surface area contributed by atoms with Gasteiger partial charge in [-0.05, 0) is 35.8 Å². The van der Waals surface area contributed by atoms with E-state index in [-0.39, 0.29) is 29.8 Å². The zero-order valence-electron chi connectivity index (χ0n) is 15.2.